The molecule has 0 aliphatic carbocycles. The van der Waals surface area contributed by atoms with Crippen molar-refractivity contribution in [3.8, 4) is 45.2 Å². The minimum absolute atomic E-state index is 0. The molecular formula is C37H26N3OPt-. The van der Waals surface area contributed by atoms with Crippen molar-refractivity contribution in [2.75, 3.05) is 0 Å². The Morgan fingerprint density at radius 2 is 1.31 bits per heavy atom. The largest absolute Gasteiger partial charge is 0.507 e. The van der Waals surface area contributed by atoms with Gasteiger partial charge in [-0.15, -0.1) is 29.8 Å². The van der Waals surface area contributed by atoms with Crippen LogP contribution >= 0.6 is 0 Å². The standard InChI is InChI=1S/C37H26N3O.Pt/c41-35-20-8-7-17-32(35)37-39-36-31(18-10-19-34(36)40(37)30-15-5-2-6-16-30)28-13-9-14-29(24-28)33-22-21-27(25-38-33)23-26-11-3-1-4-12-26;/h1-22,25,41H,23H2;/q-1;. The molecule has 0 fully saturated rings. The van der Waals surface area contributed by atoms with Crippen molar-refractivity contribution in [1.82, 2.24) is 14.5 Å². The molecule has 0 amide bonds. The fraction of sp³-hybridized carbons (Fsp3) is 0.0270. The Kier molecular flexibility index (Phi) is 7.81. The minimum Gasteiger partial charge on any atom is -0.507 e. The average molecular weight is 724 g/mol. The molecule has 2 heterocycles. The van der Waals surface area contributed by atoms with E-state index in [0.717, 1.165) is 45.5 Å². The third kappa shape index (κ3) is 5.30. The second kappa shape index (κ2) is 12.0. The summed E-state index contributed by atoms with van der Waals surface area (Å²) in [4.78, 5) is 9.89. The molecule has 2 aromatic heterocycles. The molecule has 1 N–H and O–H groups in total. The second-order valence-corrected chi connectivity index (χ2v) is 9.99. The van der Waals surface area contributed by atoms with Crippen LogP contribution in [0.5, 0.6) is 5.75 Å². The SMILES string of the molecule is Oc1ccccc1-c1nc2c(-c3[c-]c(-c4ccc(Cc5ccccc5)cn4)ccc3)cccc2n1-c1ccccc1.[Pt]. The minimum atomic E-state index is 0. The van der Waals surface area contributed by atoms with Crippen molar-refractivity contribution in [2.24, 2.45) is 0 Å². The van der Waals surface area contributed by atoms with Gasteiger partial charge >= 0.3 is 0 Å². The van der Waals surface area contributed by atoms with Gasteiger partial charge in [0.25, 0.3) is 0 Å². The molecule has 5 heteroatoms. The third-order valence-corrected chi connectivity index (χ3v) is 7.28. The Balaban J connectivity index is 0.00000316. The summed E-state index contributed by atoms with van der Waals surface area (Å²) >= 11 is 0. The molecule has 0 atom stereocenters. The maximum atomic E-state index is 10.7. The summed E-state index contributed by atoms with van der Waals surface area (Å²) in [6.07, 6.45) is 2.80. The Morgan fingerprint density at radius 3 is 2.07 bits per heavy atom. The van der Waals surface area contributed by atoms with Crippen LogP contribution in [0.25, 0.3) is 50.5 Å². The number of pyridine rings is 1. The predicted octanol–water partition coefficient (Wildman–Crippen LogP) is 8.52. The normalized spacial score (nSPS) is 10.9. The molecule has 7 rings (SSSR count). The van der Waals surface area contributed by atoms with Gasteiger partial charge in [0.2, 0.25) is 0 Å². The molecule has 0 spiro atoms. The van der Waals surface area contributed by atoms with Gasteiger partial charge in [0, 0.05) is 38.6 Å². The first kappa shape index (κ1) is 27.4. The summed E-state index contributed by atoms with van der Waals surface area (Å²) in [5.41, 5.74) is 9.59. The second-order valence-electron chi connectivity index (χ2n) is 9.99. The van der Waals surface area contributed by atoms with E-state index < -0.39 is 0 Å². The molecule has 0 aliphatic rings. The van der Waals surface area contributed by atoms with Crippen LogP contribution in [0.1, 0.15) is 11.1 Å². The molecule has 0 saturated carbocycles. The zero-order valence-electron chi connectivity index (χ0n) is 22.6. The van der Waals surface area contributed by atoms with Crippen LogP contribution in [0.15, 0.2) is 140 Å². The summed E-state index contributed by atoms with van der Waals surface area (Å²) in [5, 5.41) is 10.7. The Labute approximate surface area is 259 Å². The number of phenolic OH excluding ortho intramolecular Hbond substituents is 1. The van der Waals surface area contributed by atoms with E-state index in [-0.39, 0.29) is 26.8 Å². The number of aromatic nitrogens is 3. The van der Waals surface area contributed by atoms with Crippen LogP contribution in [0, 0.1) is 6.07 Å². The van der Waals surface area contributed by atoms with Gasteiger partial charge in [-0.1, -0.05) is 96.1 Å². The number of hydrogen-bond acceptors (Lipinski definition) is 3. The zero-order valence-corrected chi connectivity index (χ0v) is 24.9. The molecule has 0 bridgehead atoms. The van der Waals surface area contributed by atoms with Crippen LogP contribution in [-0.2, 0) is 27.5 Å². The number of hydrogen-bond donors (Lipinski definition) is 1. The predicted molar refractivity (Wildman–Crippen MR) is 165 cm³/mol. The monoisotopic (exact) mass is 723 g/mol. The van der Waals surface area contributed by atoms with E-state index in [9.17, 15) is 5.11 Å². The van der Waals surface area contributed by atoms with Crippen molar-refractivity contribution < 1.29 is 26.2 Å². The fourth-order valence-corrected chi connectivity index (χ4v) is 5.29. The number of benzene rings is 5. The van der Waals surface area contributed by atoms with Gasteiger partial charge in [-0.3, -0.25) is 9.55 Å². The van der Waals surface area contributed by atoms with E-state index in [0.29, 0.717) is 11.4 Å². The number of nitrogens with zero attached hydrogens (tertiary/aromatic N) is 3. The number of phenols is 1. The van der Waals surface area contributed by atoms with Crippen molar-refractivity contribution >= 4 is 11.0 Å². The van der Waals surface area contributed by atoms with E-state index >= 15 is 0 Å². The Hall–Kier alpha value is -4.79. The van der Waals surface area contributed by atoms with E-state index in [2.05, 4.69) is 77.4 Å². The van der Waals surface area contributed by atoms with Crippen molar-refractivity contribution in [2.45, 2.75) is 6.42 Å². The summed E-state index contributed by atoms with van der Waals surface area (Å²) in [6.45, 7) is 0. The average Bonchev–Trinajstić information content (AvgIpc) is 3.42. The zero-order chi connectivity index (χ0) is 27.6. The van der Waals surface area contributed by atoms with E-state index in [1.165, 1.54) is 11.1 Å². The van der Waals surface area contributed by atoms with Crippen molar-refractivity contribution in [3.63, 3.8) is 0 Å². The van der Waals surface area contributed by atoms with Gasteiger partial charge in [-0.25, -0.2) is 4.98 Å². The maximum Gasteiger partial charge on any atom is 0.148 e. The van der Waals surface area contributed by atoms with Gasteiger partial charge in [-0.2, -0.15) is 0 Å². The van der Waals surface area contributed by atoms with E-state index in [1.807, 2.05) is 66.9 Å². The van der Waals surface area contributed by atoms with Crippen molar-refractivity contribution in [3.05, 3.63) is 157 Å². The van der Waals surface area contributed by atoms with Gasteiger partial charge in [0.1, 0.15) is 11.6 Å². The number of para-hydroxylation sites is 3. The number of imidazole rings is 1. The molecule has 0 aliphatic heterocycles. The molecule has 4 nitrogen and oxygen atoms in total. The smallest absolute Gasteiger partial charge is 0.148 e. The molecule has 0 unspecified atom stereocenters. The summed E-state index contributed by atoms with van der Waals surface area (Å²) in [6, 6.07) is 48.0. The van der Waals surface area contributed by atoms with E-state index in [4.69, 9.17) is 9.97 Å². The maximum absolute atomic E-state index is 10.7. The fourth-order valence-electron chi connectivity index (χ4n) is 5.29. The first-order valence-corrected chi connectivity index (χ1v) is 13.6. The summed E-state index contributed by atoms with van der Waals surface area (Å²) < 4.78 is 2.10. The molecule has 0 radical (unpaired) electrons. The van der Waals surface area contributed by atoms with Crippen LogP contribution in [-0.4, -0.2) is 19.6 Å². The number of fused-ring (bicyclic) bond motifs is 1. The van der Waals surface area contributed by atoms with Crippen LogP contribution in [0.2, 0.25) is 0 Å². The Morgan fingerprint density at radius 1 is 0.619 bits per heavy atom. The summed E-state index contributed by atoms with van der Waals surface area (Å²) in [5.74, 6) is 0.875. The topological polar surface area (TPSA) is 50.9 Å². The molecular weight excluding hydrogens is 698 g/mol. The molecule has 7 aromatic rings. The van der Waals surface area contributed by atoms with Crippen LogP contribution in [0.3, 0.4) is 0 Å². The quantitative estimate of drug-likeness (QED) is 0.175. The molecule has 0 saturated heterocycles. The van der Waals surface area contributed by atoms with Gasteiger partial charge in [0.15, 0.2) is 0 Å². The molecule has 42 heavy (non-hydrogen) atoms. The van der Waals surface area contributed by atoms with Gasteiger partial charge in [0.05, 0.1) is 16.6 Å². The first-order chi connectivity index (χ1) is 20.2. The molecule has 206 valence electrons. The van der Waals surface area contributed by atoms with Crippen LogP contribution < -0.4 is 0 Å². The number of rotatable bonds is 6. The summed E-state index contributed by atoms with van der Waals surface area (Å²) in [7, 11) is 0. The van der Waals surface area contributed by atoms with Gasteiger partial charge < -0.3 is 5.11 Å². The Bertz CT molecular complexity index is 1970. The first-order valence-electron chi connectivity index (χ1n) is 13.6. The number of aromatic hydroxyl groups is 1. The van der Waals surface area contributed by atoms with E-state index in [1.54, 1.807) is 6.07 Å². The third-order valence-electron chi connectivity index (χ3n) is 7.28. The van der Waals surface area contributed by atoms with Gasteiger partial charge in [-0.05, 0) is 47.9 Å². The van der Waals surface area contributed by atoms with Crippen molar-refractivity contribution in [1.29, 1.82) is 0 Å². The molecule has 5 aromatic carbocycles. The van der Waals surface area contributed by atoms with Crippen LogP contribution in [0.4, 0.5) is 0 Å².